The molecule has 5 heteroatoms. The monoisotopic (exact) mass is 235 g/mol. The predicted molar refractivity (Wildman–Crippen MR) is 60.5 cm³/mol. The Labute approximate surface area is 94.8 Å². The first-order chi connectivity index (χ1) is 7.68. The van der Waals surface area contributed by atoms with E-state index < -0.39 is 5.97 Å². The highest BCUT2D eigenvalue weighted by molar-refractivity contribution is 7.16. The van der Waals surface area contributed by atoms with E-state index in [4.69, 9.17) is 5.11 Å². The van der Waals surface area contributed by atoms with E-state index in [0.29, 0.717) is 5.92 Å². The van der Waals surface area contributed by atoms with E-state index in [1.807, 2.05) is 6.07 Å². The second-order valence-corrected chi connectivity index (χ2v) is 4.83. The van der Waals surface area contributed by atoms with Crippen LogP contribution in [0.1, 0.15) is 34.8 Å². The van der Waals surface area contributed by atoms with E-state index in [1.54, 1.807) is 0 Å². The molecule has 3 rings (SSSR count). The molecule has 2 aromatic heterocycles. The van der Waals surface area contributed by atoms with Crippen molar-refractivity contribution in [3.8, 4) is 0 Å². The molecule has 1 aliphatic carbocycles. The van der Waals surface area contributed by atoms with E-state index in [-0.39, 0.29) is 11.3 Å². The van der Waals surface area contributed by atoms with Gasteiger partial charge in [-0.05, 0) is 24.3 Å². The van der Waals surface area contributed by atoms with E-state index >= 15 is 0 Å². The molecular weight excluding hydrogens is 226 g/mol. The number of thiazole rings is 1. The molecule has 1 saturated carbocycles. The summed E-state index contributed by atoms with van der Waals surface area (Å²) in [5.41, 5.74) is 0.905. The average molecular weight is 235 g/mol. The van der Waals surface area contributed by atoms with Crippen molar-refractivity contribution < 1.29 is 9.90 Å². The molecule has 0 amide bonds. The first-order valence-electron chi connectivity index (χ1n) is 5.05. The molecule has 0 radical (unpaired) electrons. The van der Waals surface area contributed by atoms with Crippen molar-refractivity contribution in [3.63, 3.8) is 0 Å². The van der Waals surface area contributed by atoms with Gasteiger partial charge < -0.3 is 5.11 Å². The number of aromatic carboxylic acids is 1. The minimum absolute atomic E-state index is 0.0625. The first-order valence-corrected chi connectivity index (χ1v) is 5.93. The number of carboxylic acids is 1. The minimum atomic E-state index is -1.05. The van der Waals surface area contributed by atoms with Crippen LogP contribution in [0.3, 0.4) is 0 Å². The molecule has 2 heterocycles. The van der Waals surface area contributed by atoms with Crippen molar-refractivity contribution in [3.05, 3.63) is 39.1 Å². The van der Waals surface area contributed by atoms with E-state index in [2.05, 4.69) is 0 Å². The van der Waals surface area contributed by atoms with Gasteiger partial charge in [0.15, 0.2) is 0 Å². The standard InChI is InChI=1S/C11H9NO3S/c13-9-4-3-7(6-1-2-6)10-12(9)8(5-16-10)11(14)15/h3-6H,1-2H2,(H,14,15). The summed E-state index contributed by atoms with van der Waals surface area (Å²) >= 11 is 1.33. The van der Waals surface area contributed by atoms with E-state index in [9.17, 15) is 9.59 Å². The number of rotatable bonds is 2. The lowest BCUT2D eigenvalue weighted by molar-refractivity contribution is 0.0689. The fourth-order valence-electron chi connectivity index (χ4n) is 1.90. The molecule has 1 aliphatic rings. The molecule has 82 valence electrons. The molecule has 0 saturated heterocycles. The van der Waals surface area contributed by atoms with Crippen molar-refractivity contribution in [1.82, 2.24) is 4.40 Å². The highest BCUT2D eigenvalue weighted by Gasteiger charge is 2.27. The summed E-state index contributed by atoms with van der Waals surface area (Å²) in [7, 11) is 0. The van der Waals surface area contributed by atoms with Gasteiger partial charge in [-0.25, -0.2) is 4.79 Å². The Kier molecular flexibility index (Phi) is 1.91. The molecule has 0 unspecified atom stereocenters. The maximum atomic E-state index is 11.7. The second-order valence-electron chi connectivity index (χ2n) is 3.97. The lowest BCUT2D eigenvalue weighted by Gasteiger charge is -2.01. The summed E-state index contributed by atoms with van der Waals surface area (Å²) in [6.07, 6.45) is 2.27. The van der Waals surface area contributed by atoms with Crippen molar-refractivity contribution in [2.75, 3.05) is 0 Å². The number of pyridine rings is 1. The molecule has 1 fully saturated rings. The van der Waals surface area contributed by atoms with Gasteiger partial charge in [0.2, 0.25) is 0 Å². The topological polar surface area (TPSA) is 58.8 Å². The molecule has 0 spiro atoms. The summed E-state index contributed by atoms with van der Waals surface area (Å²) < 4.78 is 1.31. The molecular formula is C11H9NO3S. The molecule has 4 nitrogen and oxygen atoms in total. The van der Waals surface area contributed by atoms with E-state index in [1.165, 1.54) is 27.2 Å². The smallest absolute Gasteiger partial charge is 0.353 e. The molecule has 1 N–H and O–H groups in total. The van der Waals surface area contributed by atoms with Crippen LogP contribution in [0.2, 0.25) is 0 Å². The first kappa shape index (κ1) is 9.59. The van der Waals surface area contributed by atoms with Crippen molar-refractivity contribution in [2.45, 2.75) is 18.8 Å². The van der Waals surface area contributed by atoms with Crippen molar-refractivity contribution in [2.24, 2.45) is 0 Å². The maximum Gasteiger partial charge on any atom is 0.353 e. The molecule has 2 aromatic rings. The zero-order valence-electron chi connectivity index (χ0n) is 8.34. The van der Waals surface area contributed by atoms with E-state index in [0.717, 1.165) is 23.2 Å². The summed E-state index contributed by atoms with van der Waals surface area (Å²) in [6, 6.07) is 3.29. The molecule has 0 bridgehead atoms. The van der Waals surface area contributed by atoms with Gasteiger partial charge in [-0.15, -0.1) is 11.3 Å². The summed E-state index contributed by atoms with van der Waals surface area (Å²) in [6.45, 7) is 0. The number of hydrogen-bond acceptors (Lipinski definition) is 3. The Morgan fingerprint density at radius 3 is 2.81 bits per heavy atom. The highest BCUT2D eigenvalue weighted by Crippen LogP contribution is 2.42. The highest BCUT2D eigenvalue weighted by atomic mass is 32.1. The Balaban J connectivity index is 2.38. The third kappa shape index (κ3) is 1.28. The van der Waals surface area contributed by atoms with Gasteiger partial charge in [-0.1, -0.05) is 6.07 Å². The average Bonchev–Trinajstić information content (AvgIpc) is 2.96. The van der Waals surface area contributed by atoms with Crippen LogP contribution in [0.5, 0.6) is 0 Å². The molecule has 16 heavy (non-hydrogen) atoms. The Bertz CT molecular complexity index is 636. The number of nitrogens with zero attached hydrogens (tertiary/aromatic N) is 1. The number of aromatic nitrogens is 1. The van der Waals surface area contributed by atoms with Crippen LogP contribution in [-0.4, -0.2) is 15.5 Å². The Morgan fingerprint density at radius 2 is 2.19 bits per heavy atom. The lowest BCUT2D eigenvalue weighted by atomic mass is 10.2. The summed E-state index contributed by atoms with van der Waals surface area (Å²) in [4.78, 5) is 23.4. The third-order valence-corrected chi connectivity index (χ3v) is 3.82. The fraction of sp³-hybridized carbons (Fsp3) is 0.273. The number of fused-ring (bicyclic) bond motifs is 1. The molecule has 0 atom stereocenters. The van der Waals surface area contributed by atoms with Crippen molar-refractivity contribution in [1.29, 1.82) is 0 Å². The van der Waals surface area contributed by atoms with Gasteiger partial charge in [-0.2, -0.15) is 0 Å². The van der Waals surface area contributed by atoms with Crippen LogP contribution in [0.25, 0.3) is 4.83 Å². The van der Waals surface area contributed by atoms with Gasteiger partial charge in [0, 0.05) is 11.4 Å². The fourth-order valence-corrected chi connectivity index (χ4v) is 2.99. The predicted octanol–water partition coefficient (Wildman–Crippen LogP) is 1.94. The second kappa shape index (κ2) is 3.18. The number of carbonyl (C=O) groups is 1. The van der Waals surface area contributed by atoms with Crippen LogP contribution >= 0.6 is 11.3 Å². The van der Waals surface area contributed by atoms with Crippen LogP contribution < -0.4 is 5.56 Å². The van der Waals surface area contributed by atoms with Gasteiger partial charge in [0.1, 0.15) is 10.5 Å². The lowest BCUT2D eigenvalue weighted by Crippen LogP contribution is -2.16. The Hall–Kier alpha value is -1.62. The number of carboxylic acid groups (broad SMARTS) is 1. The summed E-state index contributed by atoms with van der Waals surface area (Å²) in [5, 5.41) is 10.5. The van der Waals surface area contributed by atoms with Crippen molar-refractivity contribution >= 4 is 22.1 Å². The largest absolute Gasteiger partial charge is 0.477 e. The number of hydrogen-bond donors (Lipinski definition) is 1. The van der Waals surface area contributed by atoms with Crippen LogP contribution in [0.15, 0.2) is 22.3 Å². The van der Waals surface area contributed by atoms with Crippen LogP contribution in [-0.2, 0) is 0 Å². The molecule has 0 aliphatic heterocycles. The minimum Gasteiger partial charge on any atom is -0.477 e. The van der Waals surface area contributed by atoms with Crippen LogP contribution in [0.4, 0.5) is 0 Å². The van der Waals surface area contributed by atoms with Gasteiger partial charge in [0.05, 0.1) is 0 Å². The molecule has 0 aromatic carbocycles. The van der Waals surface area contributed by atoms with Crippen LogP contribution in [0, 0.1) is 0 Å². The third-order valence-electron chi connectivity index (χ3n) is 2.84. The quantitative estimate of drug-likeness (QED) is 0.865. The normalized spacial score (nSPS) is 15.5. The van der Waals surface area contributed by atoms with Gasteiger partial charge in [-0.3, -0.25) is 9.20 Å². The zero-order chi connectivity index (χ0) is 11.3. The van der Waals surface area contributed by atoms with Gasteiger partial charge in [0.25, 0.3) is 5.56 Å². The summed E-state index contributed by atoms with van der Waals surface area (Å²) in [5.74, 6) is -0.544. The van der Waals surface area contributed by atoms with Gasteiger partial charge >= 0.3 is 5.97 Å². The maximum absolute atomic E-state index is 11.7. The SMILES string of the molecule is O=C(O)c1csc2c(C3CC3)ccc(=O)n12. The zero-order valence-corrected chi connectivity index (χ0v) is 9.16. The Morgan fingerprint density at radius 1 is 1.44 bits per heavy atom.